The van der Waals surface area contributed by atoms with E-state index in [4.69, 9.17) is 37.4 Å². The van der Waals surface area contributed by atoms with Crippen LogP contribution in [-0.2, 0) is 27.3 Å². The Labute approximate surface area is 264 Å². The molecule has 5 rings (SSSR count). The summed E-state index contributed by atoms with van der Waals surface area (Å²) >= 11 is 12.4. The van der Waals surface area contributed by atoms with Gasteiger partial charge in [-0.2, -0.15) is 0 Å². The van der Waals surface area contributed by atoms with E-state index < -0.39 is 11.8 Å². The first-order chi connectivity index (χ1) is 21.3. The Hall–Kier alpha value is -4.18. The molecule has 1 saturated heterocycles. The first-order valence-electron chi connectivity index (χ1n) is 14.0. The van der Waals surface area contributed by atoms with Gasteiger partial charge in [0, 0.05) is 41.3 Å². The summed E-state index contributed by atoms with van der Waals surface area (Å²) in [5.41, 5.74) is 3.81. The van der Waals surface area contributed by atoms with Gasteiger partial charge in [0.1, 0.15) is 12.4 Å². The van der Waals surface area contributed by atoms with E-state index in [1.165, 1.54) is 13.2 Å². The summed E-state index contributed by atoms with van der Waals surface area (Å²) in [5.74, 6) is -0.531. The molecule has 2 heterocycles. The standard InChI is InChI=1S/C33H30Cl2FN3O5/c1-42-33(41)22-7-10-29(30(15-22)37-17-21-11-12-43-18-21)38-31(40)14-20-5-9-25(26(35)13-20)28-3-2-4-32(39-28)44-19-23-6-8-24(34)16-27(23)36/h2-10,13,15-16,21,37H,11-12,14,17-19H2,1H3,(H,38,40)/t21-/m0/s1. The molecule has 1 aliphatic rings. The molecule has 1 atom stereocenters. The number of methoxy groups -OCH3 is 1. The highest BCUT2D eigenvalue weighted by atomic mass is 35.5. The highest BCUT2D eigenvalue weighted by Gasteiger charge is 2.18. The predicted octanol–water partition coefficient (Wildman–Crippen LogP) is 7.19. The topological polar surface area (TPSA) is 98.8 Å². The van der Waals surface area contributed by atoms with E-state index in [0.29, 0.717) is 74.3 Å². The summed E-state index contributed by atoms with van der Waals surface area (Å²) in [6, 6.07) is 19.9. The van der Waals surface area contributed by atoms with Crippen LogP contribution in [-0.4, -0.2) is 43.7 Å². The number of carbonyl (C=O) groups is 2. The molecule has 228 valence electrons. The molecule has 1 aliphatic heterocycles. The van der Waals surface area contributed by atoms with Gasteiger partial charge >= 0.3 is 5.97 Å². The highest BCUT2D eigenvalue weighted by molar-refractivity contribution is 6.33. The molecule has 0 saturated carbocycles. The fraction of sp³-hybridized carbons (Fsp3) is 0.242. The Morgan fingerprint density at radius 2 is 1.91 bits per heavy atom. The largest absolute Gasteiger partial charge is 0.473 e. The number of aromatic nitrogens is 1. The van der Waals surface area contributed by atoms with E-state index in [0.717, 1.165) is 13.0 Å². The number of amides is 1. The van der Waals surface area contributed by atoms with Crippen molar-refractivity contribution in [1.82, 2.24) is 4.98 Å². The maximum atomic E-state index is 14.1. The van der Waals surface area contributed by atoms with Crippen LogP contribution in [0.2, 0.25) is 10.0 Å². The molecule has 11 heteroatoms. The SMILES string of the molecule is COC(=O)c1ccc(NC(=O)Cc2ccc(-c3cccc(OCc4ccc(Cl)cc4F)n3)c(Cl)c2)c(NC[C@@H]2CCOC2)c1. The predicted molar refractivity (Wildman–Crippen MR) is 168 cm³/mol. The van der Waals surface area contributed by atoms with Gasteiger partial charge in [-0.15, -0.1) is 0 Å². The number of esters is 1. The number of anilines is 2. The lowest BCUT2D eigenvalue weighted by Gasteiger charge is -2.16. The molecule has 0 aliphatic carbocycles. The van der Waals surface area contributed by atoms with Gasteiger partial charge in [-0.1, -0.05) is 47.5 Å². The maximum Gasteiger partial charge on any atom is 0.337 e. The number of halogens is 3. The molecule has 0 radical (unpaired) electrons. The molecule has 44 heavy (non-hydrogen) atoms. The molecule has 0 bridgehead atoms. The zero-order valence-electron chi connectivity index (χ0n) is 23.9. The van der Waals surface area contributed by atoms with Crippen molar-refractivity contribution in [3.8, 4) is 17.1 Å². The van der Waals surface area contributed by atoms with Crippen molar-refractivity contribution < 1.29 is 28.2 Å². The number of ether oxygens (including phenoxy) is 3. The van der Waals surface area contributed by atoms with Crippen molar-refractivity contribution in [3.63, 3.8) is 0 Å². The number of pyridine rings is 1. The van der Waals surface area contributed by atoms with E-state index in [1.807, 2.05) is 0 Å². The van der Waals surface area contributed by atoms with E-state index >= 15 is 0 Å². The minimum atomic E-state index is -0.466. The van der Waals surface area contributed by atoms with Crippen molar-refractivity contribution in [1.29, 1.82) is 0 Å². The van der Waals surface area contributed by atoms with Crippen LogP contribution < -0.4 is 15.4 Å². The second-order valence-corrected chi connectivity index (χ2v) is 11.1. The summed E-state index contributed by atoms with van der Waals surface area (Å²) in [7, 11) is 1.32. The van der Waals surface area contributed by atoms with Crippen LogP contribution in [0, 0.1) is 11.7 Å². The lowest BCUT2D eigenvalue weighted by Crippen LogP contribution is -2.19. The average molecular weight is 639 g/mol. The van der Waals surface area contributed by atoms with Gasteiger partial charge in [-0.25, -0.2) is 14.2 Å². The molecule has 0 spiro atoms. The number of hydrogen-bond acceptors (Lipinski definition) is 7. The van der Waals surface area contributed by atoms with Crippen LogP contribution in [0.15, 0.2) is 72.8 Å². The number of carbonyl (C=O) groups excluding carboxylic acids is 2. The smallest absolute Gasteiger partial charge is 0.337 e. The van der Waals surface area contributed by atoms with E-state index in [2.05, 4.69) is 15.6 Å². The van der Waals surface area contributed by atoms with Crippen LogP contribution in [0.25, 0.3) is 11.3 Å². The third-order valence-electron chi connectivity index (χ3n) is 7.11. The average Bonchev–Trinajstić information content (AvgIpc) is 3.54. The Morgan fingerprint density at radius 3 is 2.66 bits per heavy atom. The Balaban J connectivity index is 1.24. The van der Waals surface area contributed by atoms with Crippen molar-refractivity contribution in [2.24, 2.45) is 5.92 Å². The Kier molecular flexibility index (Phi) is 10.3. The molecule has 8 nitrogen and oxygen atoms in total. The lowest BCUT2D eigenvalue weighted by molar-refractivity contribution is -0.115. The van der Waals surface area contributed by atoms with Crippen molar-refractivity contribution in [2.75, 3.05) is 37.5 Å². The third kappa shape index (κ3) is 8.05. The van der Waals surface area contributed by atoms with Crippen LogP contribution in [0.5, 0.6) is 5.88 Å². The Morgan fingerprint density at radius 1 is 1.05 bits per heavy atom. The second kappa shape index (κ2) is 14.5. The van der Waals surface area contributed by atoms with Gasteiger partial charge in [-0.3, -0.25) is 4.79 Å². The first-order valence-corrected chi connectivity index (χ1v) is 14.7. The minimum Gasteiger partial charge on any atom is -0.473 e. The quantitative estimate of drug-likeness (QED) is 0.168. The summed E-state index contributed by atoms with van der Waals surface area (Å²) in [6.07, 6.45) is 1.01. The van der Waals surface area contributed by atoms with Gasteiger partial charge in [0.15, 0.2) is 0 Å². The van der Waals surface area contributed by atoms with Gasteiger partial charge in [0.2, 0.25) is 11.8 Å². The number of benzene rings is 3. The minimum absolute atomic E-state index is 0.0150. The summed E-state index contributed by atoms with van der Waals surface area (Å²) in [6.45, 7) is 2.01. The first kappa shape index (κ1) is 31.3. The van der Waals surface area contributed by atoms with Crippen LogP contribution in [0.4, 0.5) is 15.8 Å². The molecule has 2 N–H and O–H groups in total. The number of rotatable bonds is 11. The van der Waals surface area contributed by atoms with Gasteiger partial charge in [-0.05, 0) is 54.4 Å². The van der Waals surface area contributed by atoms with Crippen molar-refractivity contribution in [2.45, 2.75) is 19.4 Å². The number of hydrogen-bond donors (Lipinski definition) is 2. The second-order valence-electron chi connectivity index (χ2n) is 10.3. The van der Waals surface area contributed by atoms with Crippen LogP contribution in [0.1, 0.15) is 27.9 Å². The van der Waals surface area contributed by atoms with Gasteiger partial charge in [0.25, 0.3) is 0 Å². The maximum absolute atomic E-state index is 14.1. The summed E-state index contributed by atoms with van der Waals surface area (Å²) in [5, 5.41) is 7.00. The molecule has 4 aromatic rings. The Bertz CT molecular complexity index is 1660. The lowest BCUT2D eigenvalue weighted by atomic mass is 10.1. The van der Waals surface area contributed by atoms with Crippen LogP contribution in [0.3, 0.4) is 0 Å². The summed E-state index contributed by atoms with van der Waals surface area (Å²) in [4.78, 5) is 29.7. The summed E-state index contributed by atoms with van der Waals surface area (Å²) < 4.78 is 30.1. The third-order valence-corrected chi connectivity index (χ3v) is 7.66. The number of nitrogens with zero attached hydrogens (tertiary/aromatic N) is 1. The van der Waals surface area contributed by atoms with E-state index in [1.54, 1.807) is 66.7 Å². The molecule has 1 aromatic heterocycles. The zero-order chi connectivity index (χ0) is 31.1. The van der Waals surface area contributed by atoms with Gasteiger partial charge < -0.3 is 24.8 Å². The fourth-order valence-corrected chi connectivity index (χ4v) is 5.19. The fourth-order valence-electron chi connectivity index (χ4n) is 4.73. The molecular weight excluding hydrogens is 608 g/mol. The van der Waals surface area contributed by atoms with Crippen molar-refractivity contribution in [3.05, 3.63) is 105 Å². The monoisotopic (exact) mass is 637 g/mol. The molecule has 1 fully saturated rings. The van der Waals surface area contributed by atoms with Crippen LogP contribution >= 0.6 is 23.2 Å². The van der Waals surface area contributed by atoms with E-state index in [9.17, 15) is 14.0 Å². The van der Waals surface area contributed by atoms with Gasteiger partial charge in [0.05, 0.1) is 47.8 Å². The van der Waals surface area contributed by atoms with Crippen molar-refractivity contribution >= 4 is 46.5 Å². The normalized spacial score (nSPS) is 14.2. The zero-order valence-corrected chi connectivity index (χ0v) is 25.4. The molecule has 3 aromatic carbocycles. The molecular formula is C33H30Cl2FN3O5. The van der Waals surface area contributed by atoms with E-state index in [-0.39, 0.29) is 18.9 Å². The molecule has 1 amide bonds. The number of nitrogens with one attached hydrogen (secondary N) is 2. The highest BCUT2D eigenvalue weighted by Crippen LogP contribution is 2.30. The molecule has 0 unspecified atom stereocenters.